The second kappa shape index (κ2) is 7.47. The van der Waals surface area contributed by atoms with Gasteiger partial charge >= 0.3 is 0 Å². The van der Waals surface area contributed by atoms with Gasteiger partial charge in [-0.2, -0.15) is 5.10 Å². The van der Waals surface area contributed by atoms with Crippen molar-refractivity contribution in [2.24, 2.45) is 5.92 Å². The molecule has 1 amide bonds. The van der Waals surface area contributed by atoms with Crippen LogP contribution in [0.5, 0.6) is 0 Å². The normalized spacial score (nSPS) is 19.3. The zero-order valence-corrected chi connectivity index (χ0v) is 14.3. The Hall–Kier alpha value is -1.07. The van der Waals surface area contributed by atoms with E-state index in [1.807, 2.05) is 11.0 Å². The maximum absolute atomic E-state index is 12.4. The van der Waals surface area contributed by atoms with Crippen molar-refractivity contribution in [3.63, 3.8) is 0 Å². The highest BCUT2D eigenvalue weighted by Gasteiger charge is 2.27. The minimum atomic E-state index is 0. The molecular formula is C16H27ClN4O. The molecule has 0 unspecified atom stereocenters. The van der Waals surface area contributed by atoms with E-state index in [4.69, 9.17) is 0 Å². The first-order valence-corrected chi connectivity index (χ1v) is 8.21. The molecule has 0 spiro atoms. The molecule has 1 aliphatic heterocycles. The first kappa shape index (κ1) is 17.3. The number of halogens is 1. The standard InChI is InChI=1S/C16H26N4O.ClH/c1-11(2)14-9-15(19-18-14)16(21)20-7-5-13(6-8-20)17-10-12-3-4-12;/h9,11-13,17H,3-8,10H2,1-2H3,(H,18,19);1H. The van der Waals surface area contributed by atoms with Gasteiger partial charge in [0.05, 0.1) is 0 Å². The molecule has 5 nitrogen and oxygen atoms in total. The zero-order valence-electron chi connectivity index (χ0n) is 13.5. The van der Waals surface area contributed by atoms with Crippen molar-refractivity contribution < 1.29 is 4.79 Å². The largest absolute Gasteiger partial charge is 0.337 e. The SMILES string of the molecule is CC(C)c1cc(C(=O)N2CCC(NCC3CC3)CC2)n[nH]1.Cl. The predicted molar refractivity (Wildman–Crippen MR) is 89.6 cm³/mol. The van der Waals surface area contributed by atoms with Gasteiger partial charge in [0.15, 0.2) is 0 Å². The molecule has 1 aromatic rings. The summed E-state index contributed by atoms with van der Waals surface area (Å²) in [5.41, 5.74) is 1.59. The van der Waals surface area contributed by atoms with Crippen molar-refractivity contribution in [2.45, 2.75) is 51.5 Å². The van der Waals surface area contributed by atoms with Gasteiger partial charge in [0, 0.05) is 24.8 Å². The number of carbonyl (C=O) groups is 1. The van der Waals surface area contributed by atoms with Crippen molar-refractivity contribution in [1.82, 2.24) is 20.4 Å². The minimum absolute atomic E-state index is 0. The van der Waals surface area contributed by atoms with E-state index in [0.29, 0.717) is 17.7 Å². The van der Waals surface area contributed by atoms with Crippen LogP contribution >= 0.6 is 12.4 Å². The molecule has 6 heteroatoms. The zero-order chi connectivity index (χ0) is 14.8. The number of aromatic nitrogens is 2. The Labute approximate surface area is 138 Å². The van der Waals surface area contributed by atoms with E-state index in [-0.39, 0.29) is 18.3 Å². The predicted octanol–water partition coefficient (Wildman–Crippen LogP) is 2.56. The molecule has 22 heavy (non-hydrogen) atoms. The lowest BCUT2D eigenvalue weighted by atomic mass is 10.0. The van der Waals surface area contributed by atoms with Gasteiger partial charge in [-0.15, -0.1) is 12.4 Å². The quantitative estimate of drug-likeness (QED) is 0.874. The first-order chi connectivity index (χ1) is 10.1. The average molecular weight is 327 g/mol. The number of rotatable bonds is 5. The molecule has 2 heterocycles. The van der Waals surface area contributed by atoms with Crippen molar-refractivity contribution in [3.05, 3.63) is 17.5 Å². The number of hydrogen-bond acceptors (Lipinski definition) is 3. The van der Waals surface area contributed by atoms with Crippen LogP contribution in [0.3, 0.4) is 0 Å². The van der Waals surface area contributed by atoms with Gasteiger partial charge in [-0.05, 0) is 50.1 Å². The number of H-pyrrole nitrogens is 1. The Kier molecular flexibility index (Phi) is 5.87. The maximum Gasteiger partial charge on any atom is 0.274 e. The Morgan fingerprint density at radius 3 is 2.59 bits per heavy atom. The van der Waals surface area contributed by atoms with E-state index in [0.717, 1.165) is 44.1 Å². The van der Waals surface area contributed by atoms with E-state index < -0.39 is 0 Å². The Bertz CT molecular complexity index is 490. The van der Waals surface area contributed by atoms with E-state index in [2.05, 4.69) is 29.4 Å². The van der Waals surface area contributed by atoms with E-state index >= 15 is 0 Å². The van der Waals surface area contributed by atoms with Crippen molar-refractivity contribution in [1.29, 1.82) is 0 Å². The maximum atomic E-state index is 12.4. The molecule has 124 valence electrons. The van der Waals surface area contributed by atoms with Crippen LogP contribution in [0.2, 0.25) is 0 Å². The van der Waals surface area contributed by atoms with E-state index in [9.17, 15) is 4.79 Å². The number of nitrogens with one attached hydrogen (secondary N) is 2. The van der Waals surface area contributed by atoms with Crippen LogP contribution in [0.15, 0.2) is 6.07 Å². The number of aromatic amines is 1. The van der Waals surface area contributed by atoms with Gasteiger partial charge in [-0.25, -0.2) is 0 Å². The smallest absolute Gasteiger partial charge is 0.274 e. The Morgan fingerprint density at radius 1 is 1.36 bits per heavy atom. The van der Waals surface area contributed by atoms with Gasteiger partial charge in [0.2, 0.25) is 0 Å². The van der Waals surface area contributed by atoms with Crippen LogP contribution in [-0.2, 0) is 0 Å². The van der Waals surface area contributed by atoms with Gasteiger partial charge in [0.25, 0.3) is 5.91 Å². The van der Waals surface area contributed by atoms with Crippen LogP contribution in [0.25, 0.3) is 0 Å². The first-order valence-electron chi connectivity index (χ1n) is 8.21. The topological polar surface area (TPSA) is 61.0 Å². The molecule has 2 N–H and O–H groups in total. The molecule has 0 bridgehead atoms. The molecule has 1 saturated carbocycles. The molecule has 3 rings (SSSR count). The number of hydrogen-bond donors (Lipinski definition) is 2. The molecule has 0 aromatic carbocycles. The second-order valence-corrected chi connectivity index (χ2v) is 6.78. The number of likely N-dealkylation sites (tertiary alicyclic amines) is 1. The molecular weight excluding hydrogens is 300 g/mol. The average Bonchev–Trinajstić information content (AvgIpc) is 3.18. The summed E-state index contributed by atoms with van der Waals surface area (Å²) in [6.45, 7) is 7.03. The Balaban J connectivity index is 0.00000176. The highest BCUT2D eigenvalue weighted by Crippen LogP contribution is 2.28. The number of piperidine rings is 1. The number of nitrogens with zero attached hydrogens (tertiary/aromatic N) is 2. The lowest BCUT2D eigenvalue weighted by Gasteiger charge is -2.32. The third kappa shape index (κ3) is 4.23. The van der Waals surface area contributed by atoms with Crippen LogP contribution in [-0.4, -0.2) is 46.7 Å². The lowest BCUT2D eigenvalue weighted by molar-refractivity contribution is 0.0699. The molecule has 1 saturated heterocycles. The van der Waals surface area contributed by atoms with Crippen LogP contribution in [0.1, 0.15) is 61.6 Å². The summed E-state index contributed by atoms with van der Waals surface area (Å²) in [5.74, 6) is 1.36. The van der Waals surface area contributed by atoms with Crippen molar-refractivity contribution in [3.8, 4) is 0 Å². The van der Waals surface area contributed by atoms with Crippen molar-refractivity contribution >= 4 is 18.3 Å². The highest BCUT2D eigenvalue weighted by atomic mass is 35.5. The monoisotopic (exact) mass is 326 g/mol. The summed E-state index contributed by atoms with van der Waals surface area (Å²) >= 11 is 0. The van der Waals surface area contributed by atoms with Crippen molar-refractivity contribution in [2.75, 3.05) is 19.6 Å². The minimum Gasteiger partial charge on any atom is -0.337 e. The van der Waals surface area contributed by atoms with Gasteiger partial charge < -0.3 is 10.2 Å². The molecule has 0 atom stereocenters. The summed E-state index contributed by atoms with van der Waals surface area (Å²) in [5, 5.41) is 10.8. The third-order valence-electron chi connectivity index (χ3n) is 4.61. The van der Waals surface area contributed by atoms with Gasteiger partial charge in [-0.3, -0.25) is 9.89 Å². The summed E-state index contributed by atoms with van der Waals surface area (Å²) < 4.78 is 0. The molecule has 2 aliphatic rings. The molecule has 2 fully saturated rings. The summed E-state index contributed by atoms with van der Waals surface area (Å²) in [6.07, 6.45) is 4.89. The second-order valence-electron chi connectivity index (χ2n) is 6.78. The molecule has 1 aliphatic carbocycles. The highest BCUT2D eigenvalue weighted by molar-refractivity contribution is 5.92. The fourth-order valence-corrected chi connectivity index (χ4v) is 2.85. The fourth-order valence-electron chi connectivity index (χ4n) is 2.85. The molecule has 0 radical (unpaired) electrons. The van der Waals surface area contributed by atoms with Crippen LogP contribution in [0, 0.1) is 5.92 Å². The Morgan fingerprint density at radius 2 is 2.05 bits per heavy atom. The van der Waals surface area contributed by atoms with Crippen LogP contribution < -0.4 is 5.32 Å². The summed E-state index contributed by atoms with van der Waals surface area (Å²) in [6, 6.07) is 2.48. The third-order valence-corrected chi connectivity index (χ3v) is 4.61. The summed E-state index contributed by atoms with van der Waals surface area (Å²) in [7, 11) is 0. The molecule has 1 aromatic heterocycles. The fraction of sp³-hybridized carbons (Fsp3) is 0.750. The summed E-state index contributed by atoms with van der Waals surface area (Å²) in [4.78, 5) is 14.4. The van der Waals surface area contributed by atoms with Gasteiger partial charge in [0.1, 0.15) is 5.69 Å². The lowest BCUT2D eigenvalue weighted by Crippen LogP contribution is -2.45. The number of amides is 1. The van der Waals surface area contributed by atoms with Gasteiger partial charge in [-0.1, -0.05) is 13.8 Å². The van der Waals surface area contributed by atoms with Crippen LogP contribution in [0.4, 0.5) is 0 Å². The number of carbonyl (C=O) groups excluding carboxylic acids is 1. The van der Waals surface area contributed by atoms with E-state index in [1.54, 1.807) is 0 Å². The van der Waals surface area contributed by atoms with E-state index in [1.165, 1.54) is 12.8 Å².